The molecule has 4 rings (SSSR count). The zero-order valence-corrected chi connectivity index (χ0v) is 15.3. The molecule has 3 aromatic heterocycles. The van der Waals surface area contributed by atoms with Gasteiger partial charge in [0.15, 0.2) is 16.4 Å². The number of furan rings is 1. The number of methoxy groups -OCH3 is 1. The Morgan fingerprint density at radius 3 is 2.80 bits per heavy atom. The number of ether oxygens (including phenoxy) is 1. The minimum absolute atomic E-state index is 0.00268. The fraction of sp³-hybridized carbons (Fsp3) is 0.200. The van der Waals surface area contributed by atoms with Gasteiger partial charge in [0.1, 0.15) is 21.7 Å². The van der Waals surface area contributed by atoms with Gasteiger partial charge in [0.25, 0.3) is 5.92 Å². The molecule has 0 unspecified atom stereocenters. The van der Waals surface area contributed by atoms with Crippen LogP contribution in [0.3, 0.4) is 0 Å². The Balaban J connectivity index is 1.84. The van der Waals surface area contributed by atoms with Gasteiger partial charge >= 0.3 is 0 Å². The molecule has 10 heteroatoms. The van der Waals surface area contributed by atoms with Crippen molar-refractivity contribution in [3.8, 4) is 23.0 Å². The van der Waals surface area contributed by atoms with Gasteiger partial charge in [-0.2, -0.15) is 13.9 Å². The fourth-order valence-electron chi connectivity index (χ4n) is 2.39. The third-order valence-corrected chi connectivity index (χ3v) is 5.43. The number of fused-ring (bicyclic) bond motifs is 2. The molecule has 0 atom stereocenters. The van der Waals surface area contributed by atoms with E-state index in [1.54, 1.807) is 6.07 Å². The highest BCUT2D eigenvalue weighted by Crippen LogP contribution is 2.42. The first-order chi connectivity index (χ1) is 11.8. The number of imidazole rings is 1. The molecule has 0 amide bonds. The maximum Gasteiger partial charge on any atom is 0.298 e. The number of hydrogen-bond acceptors (Lipinski definition) is 6. The number of halogens is 3. The molecule has 25 heavy (non-hydrogen) atoms. The van der Waals surface area contributed by atoms with E-state index in [4.69, 9.17) is 9.15 Å². The Hall–Kier alpha value is -2.20. The topological polar surface area (TPSA) is 72.8 Å². The lowest BCUT2D eigenvalue weighted by Gasteiger charge is -2.04. The second-order valence-electron chi connectivity index (χ2n) is 5.41. The summed E-state index contributed by atoms with van der Waals surface area (Å²) < 4.78 is 39.5. The zero-order valence-electron chi connectivity index (χ0n) is 12.9. The summed E-state index contributed by atoms with van der Waals surface area (Å²) in [5.74, 6) is -2.22. The molecule has 0 aliphatic carbocycles. The van der Waals surface area contributed by atoms with Crippen LogP contribution in [0.15, 0.2) is 27.2 Å². The van der Waals surface area contributed by atoms with Crippen molar-refractivity contribution >= 4 is 43.2 Å². The quantitative estimate of drug-likeness (QED) is 0.506. The van der Waals surface area contributed by atoms with Crippen LogP contribution in [0.25, 0.3) is 27.4 Å². The average molecular weight is 430 g/mol. The van der Waals surface area contributed by atoms with E-state index < -0.39 is 5.92 Å². The van der Waals surface area contributed by atoms with Crippen LogP contribution in [0.1, 0.15) is 11.9 Å². The maximum absolute atomic E-state index is 13.3. The van der Waals surface area contributed by atoms with E-state index in [1.807, 2.05) is 0 Å². The first-order valence-electron chi connectivity index (χ1n) is 7.02. The van der Waals surface area contributed by atoms with Crippen LogP contribution in [0.2, 0.25) is 0 Å². The number of hydrogen-bond donors (Lipinski definition) is 1. The lowest BCUT2D eigenvalue weighted by atomic mass is 10.2. The largest absolute Gasteiger partial charge is 0.507 e. The van der Waals surface area contributed by atoms with Gasteiger partial charge in [0.05, 0.1) is 18.7 Å². The van der Waals surface area contributed by atoms with Crippen LogP contribution in [-0.2, 0) is 5.92 Å². The van der Waals surface area contributed by atoms with Gasteiger partial charge in [-0.1, -0.05) is 11.3 Å². The highest BCUT2D eigenvalue weighted by atomic mass is 79.9. The van der Waals surface area contributed by atoms with E-state index in [2.05, 4.69) is 26.0 Å². The molecule has 0 saturated heterocycles. The summed E-state index contributed by atoms with van der Waals surface area (Å²) in [7, 11) is 1.48. The molecule has 0 radical (unpaired) electrons. The lowest BCUT2D eigenvalue weighted by molar-refractivity contribution is 0.0163. The summed E-state index contributed by atoms with van der Waals surface area (Å²) >= 11 is 4.18. The number of phenols is 1. The third kappa shape index (κ3) is 2.56. The van der Waals surface area contributed by atoms with Crippen LogP contribution in [0, 0.1) is 0 Å². The molecular weight excluding hydrogens is 420 g/mol. The minimum Gasteiger partial charge on any atom is -0.507 e. The van der Waals surface area contributed by atoms with Gasteiger partial charge in [-0.3, -0.25) is 0 Å². The van der Waals surface area contributed by atoms with E-state index in [0.717, 1.165) is 18.3 Å². The summed E-state index contributed by atoms with van der Waals surface area (Å²) in [5, 5.41) is 14.1. The summed E-state index contributed by atoms with van der Waals surface area (Å²) in [5.41, 5.74) is 0.822. The van der Waals surface area contributed by atoms with Crippen molar-refractivity contribution in [1.82, 2.24) is 14.6 Å². The SMILES string of the molecule is COc1cc(O)c2cc(-c3cn4nc(C(C)(F)F)sc4n3)oc2c1Br. The second kappa shape index (κ2) is 5.40. The van der Waals surface area contributed by atoms with Gasteiger partial charge in [0.2, 0.25) is 4.96 Å². The van der Waals surface area contributed by atoms with Gasteiger partial charge in [-0.15, -0.1) is 0 Å². The molecule has 130 valence electrons. The number of phenolic OH excluding ortho intramolecular Hbond substituents is 1. The molecule has 0 spiro atoms. The number of aromatic nitrogens is 3. The van der Waals surface area contributed by atoms with Crippen LogP contribution in [0.4, 0.5) is 8.78 Å². The first-order valence-corrected chi connectivity index (χ1v) is 8.62. The Morgan fingerprint density at radius 2 is 2.16 bits per heavy atom. The van der Waals surface area contributed by atoms with E-state index >= 15 is 0 Å². The van der Waals surface area contributed by atoms with Crippen molar-refractivity contribution in [2.24, 2.45) is 0 Å². The molecule has 0 aliphatic rings. The van der Waals surface area contributed by atoms with Crippen molar-refractivity contribution in [3.63, 3.8) is 0 Å². The van der Waals surface area contributed by atoms with Gasteiger partial charge in [0, 0.05) is 13.0 Å². The van der Waals surface area contributed by atoms with Crippen molar-refractivity contribution < 1.29 is 23.0 Å². The molecule has 1 aromatic carbocycles. The Bertz CT molecular complexity index is 1080. The van der Waals surface area contributed by atoms with Crippen molar-refractivity contribution in [3.05, 3.63) is 27.8 Å². The number of alkyl halides is 2. The smallest absolute Gasteiger partial charge is 0.298 e. The molecule has 0 fully saturated rings. The van der Waals surface area contributed by atoms with E-state index in [0.29, 0.717) is 37.6 Å². The van der Waals surface area contributed by atoms with Crippen LogP contribution >= 0.6 is 27.3 Å². The molecular formula is C15H10BrF2N3O3S. The monoisotopic (exact) mass is 429 g/mol. The average Bonchev–Trinajstić information content (AvgIpc) is 3.20. The van der Waals surface area contributed by atoms with Crippen molar-refractivity contribution in [2.45, 2.75) is 12.8 Å². The van der Waals surface area contributed by atoms with Gasteiger partial charge in [-0.25, -0.2) is 9.50 Å². The highest BCUT2D eigenvalue weighted by molar-refractivity contribution is 9.10. The zero-order chi connectivity index (χ0) is 17.9. The predicted octanol–water partition coefficient (Wildman–Crippen LogP) is 4.79. The molecule has 4 aromatic rings. The van der Waals surface area contributed by atoms with E-state index in [1.165, 1.54) is 23.9 Å². The molecule has 0 bridgehead atoms. The molecule has 6 nitrogen and oxygen atoms in total. The maximum atomic E-state index is 13.3. The Kier molecular flexibility index (Phi) is 3.51. The Labute approximate surface area is 151 Å². The fourth-order valence-corrected chi connectivity index (χ4v) is 3.78. The third-order valence-electron chi connectivity index (χ3n) is 3.58. The van der Waals surface area contributed by atoms with Crippen LogP contribution in [0.5, 0.6) is 11.5 Å². The number of benzene rings is 1. The molecule has 1 N–H and O–H groups in total. The minimum atomic E-state index is -3.02. The summed E-state index contributed by atoms with van der Waals surface area (Å²) in [6.45, 7) is 0.791. The summed E-state index contributed by atoms with van der Waals surface area (Å²) in [6, 6.07) is 3.09. The summed E-state index contributed by atoms with van der Waals surface area (Å²) in [4.78, 5) is 4.60. The van der Waals surface area contributed by atoms with Crippen molar-refractivity contribution in [1.29, 1.82) is 0 Å². The predicted molar refractivity (Wildman–Crippen MR) is 91.6 cm³/mol. The molecule has 3 heterocycles. The Morgan fingerprint density at radius 1 is 1.40 bits per heavy atom. The van der Waals surface area contributed by atoms with Crippen LogP contribution < -0.4 is 4.74 Å². The second-order valence-corrected chi connectivity index (χ2v) is 7.16. The number of rotatable bonds is 3. The lowest BCUT2D eigenvalue weighted by Crippen LogP contribution is -2.06. The molecule has 0 saturated carbocycles. The van der Waals surface area contributed by atoms with Gasteiger partial charge in [-0.05, 0) is 22.0 Å². The summed E-state index contributed by atoms with van der Waals surface area (Å²) in [6.07, 6.45) is 1.50. The normalized spacial score (nSPS) is 12.4. The number of aromatic hydroxyl groups is 1. The standard InChI is InChI=1S/C15H10BrF2N3O3S/c1-15(17,18)13-20-21-5-7(19-14(21)25-13)9-3-6-8(22)4-10(23-2)11(16)12(6)24-9/h3-5,22H,1-2H3. The first kappa shape index (κ1) is 16.3. The van der Waals surface area contributed by atoms with Gasteiger partial charge < -0.3 is 14.3 Å². The van der Waals surface area contributed by atoms with Crippen LogP contribution in [-0.4, -0.2) is 26.8 Å². The van der Waals surface area contributed by atoms with E-state index in [-0.39, 0.29) is 10.8 Å². The number of nitrogens with zero attached hydrogens (tertiary/aromatic N) is 3. The highest BCUT2D eigenvalue weighted by Gasteiger charge is 2.30. The van der Waals surface area contributed by atoms with E-state index in [9.17, 15) is 13.9 Å². The van der Waals surface area contributed by atoms with Crippen molar-refractivity contribution in [2.75, 3.05) is 7.11 Å². The molecule has 0 aliphatic heterocycles.